The Labute approximate surface area is 250 Å². The van der Waals surface area contributed by atoms with E-state index < -0.39 is 0 Å². The number of rotatable bonds is 11. The summed E-state index contributed by atoms with van der Waals surface area (Å²) in [7, 11) is 1.71. The Morgan fingerprint density at radius 2 is 1.61 bits per heavy atom. The highest BCUT2D eigenvalue weighted by atomic mass is 16.5. The number of carbonyl (C=O) groups excluding carboxylic acids is 1. The molecule has 0 radical (unpaired) electrons. The van der Waals surface area contributed by atoms with E-state index in [4.69, 9.17) is 21.3 Å². The van der Waals surface area contributed by atoms with Gasteiger partial charge in [-0.2, -0.15) is 0 Å². The third-order valence-corrected chi connectivity index (χ3v) is 4.36. The number of ether oxygens (including phenoxy) is 1. The van der Waals surface area contributed by atoms with Crippen LogP contribution in [0.25, 0.3) is 0 Å². The van der Waals surface area contributed by atoms with Crippen molar-refractivity contribution in [2.45, 2.75) is 75.7 Å². The van der Waals surface area contributed by atoms with Gasteiger partial charge < -0.3 is 31.1 Å². The predicted octanol–water partition coefficient (Wildman–Crippen LogP) is 6.13. The van der Waals surface area contributed by atoms with Gasteiger partial charge in [-0.3, -0.25) is 15.6 Å². The van der Waals surface area contributed by atoms with E-state index in [2.05, 4.69) is 35.4 Å². The van der Waals surface area contributed by atoms with Crippen molar-refractivity contribution in [3.8, 4) is 18.6 Å². The van der Waals surface area contributed by atoms with Gasteiger partial charge in [0, 0.05) is 32.9 Å². The molecule has 0 atom stereocenters. The SMILES string of the molecule is C#C.CC.CC.CC.CC/C=C(/CNCC=NC(=N)C(=N)N)OCC.CCN(CC)C(=O)c1cccc(NC)c1O. The first-order chi connectivity index (χ1) is 19.8. The molecule has 0 saturated carbocycles. The van der Waals surface area contributed by atoms with E-state index >= 15 is 0 Å². The Kier molecular flexibility index (Phi) is 41.4. The molecular formula is C31H59N7O3. The first kappa shape index (κ1) is 47.0. The van der Waals surface area contributed by atoms with E-state index in [1.165, 1.54) is 6.21 Å². The summed E-state index contributed by atoms with van der Waals surface area (Å²) < 4.78 is 5.41. The molecule has 236 valence electrons. The summed E-state index contributed by atoms with van der Waals surface area (Å²) in [5.41, 5.74) is 5.98. The Bertz CT molecular complexity index is 863. The maximum Gasteiger partial charge on any atom is 0.257 e. The highest BCUT2D eigenvalue weighted by Crippen LogP contribution is 2.27. The Morgan fingerprint density at radius 1 is 1.07 bits per heavy atom. The second-order valence-corrected chi connectivity index (χ2v) is 6.65. The van der Waals surface area contributed by atoms with Crippen molar-refractivity contribution in [1.82, 2.24) is 10.2 Å². The van der Waals surface area contributed by atoms with Gasteiger partial charge in [0.25, 0.3) is 5.91 Å². The maximum absolute atomic E-state index is 12.0. The molecule has 1 rings (SSSR count). The minimum absolute atomic E-state index is 0.0156. The van der Waals surface area contributed by atoms with Crippen molar-refractivity contribution in [2.75, 3.05) is 45.2 Å². The van der Waals surface area contributed by atoms with Crippen LogP contribution in [-0.4, -0.2) is 73.6 Å². The van der Waals surface area contributed by atoms with Crippen LogP contribution in [0, 0.1) is 23.7 Å². The predicted molar refractivity (Wildman–Crippen MR) is 180 cm³/mol. The highest BCUT2D eigenvalue weighted by Gasteiger charge is 2.17. The summed E-state index contributed by atoms with van der Waals surface area (Å²) in [5, 5.41) is 30.0. The second-order valence-electron chi connectivity index (χ2n) is 6.65. The number of nitrogens with one attached hydrogen (secondary N) is 4. The topological polar surface area (TPSA) is 160 Å². The van der Waals surface area contributed by atoms with E-state index in [0.29, 0.717) is 44.0 Å². The third kappa shape index (κ3) is 23.7. The number of aromatic hydroxyl groups is 1. The van der Waals surface area contributed by atoms with Gasteiger partial charge in [-0.05, 0) is 45.4 Å². The summed E-state index contributed by atoms with van der Waals surface area (Å²) in [6, 6.07) is 5.12. The smallest absolute Gasteiger partial charge is 0.257 e. The zero-order valence-electron chi connectivity index (χ0n) is 27.5. The number of carbonyl (C=O) groups is 1. The Hall–Kier alpha value is -3.84. The lowest BCUT2D eigenvalue weighted by atomic mass is 10.1. The number of anilines is 1. The molecule has 0 spiro atoms. The summed E-state index contributed by atoms with van der Waals surface area (Å²) >= 11 is 0. The number of allylic oxidation sites excluding steroid dienone is 1. The zero-order chi connectivity index (χ0) is 33.2. The fourth-order valence-electron chi connectivity index (χ4n) is 2.66. The number of terminal acetylenes is 1. The minimum Gasteiger partial charge on any atom is -0.505 e. The molecule has 0 aliphatic heterocycles. The summed E-state index contributed by atoms with van der Waals surface area (Å²) in [5.74, 6) is 0.231. The molecule has 1 aromatic carbocycles. The zero-order valence-corrected chi connectivity index (χ0v) is 27.5. The van der Waals surface area contributed by atoms with Gasteiger partial charge in [-0.1, -0.05) is 54.5 Å². The van der Waals surface area contributed by atoms with E-state index in [-0.39, 0.29) is 23.3 Å². The molecule has 0 bridgehead atoms. The summed E-state index contributed by atoms with van der Waals surface area (Å²) in [4.78, 5) is 17.4. The molecule has 0 unspecified atom stereocenters. The molecule has 10 nitrogen and oxygen atoms in total. The fraction of sp³-hybridized carbons (Fsp3) is 0.548. The Morgan fingerprint density at radius 3 is 2.02 bits per heavy atom. The van der Waals surface area contributed by atoms with Crippen molar-refractivity contribution < 1.29 is 14.6 Å². The first-order valence-corrected chi connectivity index (χ1v) is 14.4. The number of hydrogen-bond donors (Lipinski definition) is 6. The summed E-state index contributed by atoms with van der Waals surface area (Å²) in [6.07, 6.45) is 12.5. The highest BCUT2D eigenvalue weighted by molar-refractivity contribution is 6.38. The lowest BCUT2D eigenvalue weighted by Gasteiger charge is -2.19. The molecular weight excluding hydrogens is 518 g/mol. The summed E-state index contributed by atoms with van der Waals surface area (Å²) in [6.45, 7) is 22.9. The second kappa shape index (κ2) is 36.2. The largest absolute Gasteiger partial charge is 0.505 e. The quantitative estimate of drug-likeness (QED) is 0.0463. The van der Waals surface area contributed by atoms with Crippen LogP contribution < -0.4 is 16.4 Å². The lowest BCUT2D eigenvalue weighted by Crippen LogP contribution is -2.30. The van der Waals surface area contributed by atoms with E-state index in [1.807, 2.05) is 68.4 Å². The monoisotopic (exact) mass is 577 g/mol. The number of nitrogens with zero attached hydrogens (tertiary/aromatic N) is 2. The number of aliphatic imine (C=N–C) groups is 1. The third-order valence-electron chi connectivity index (χ3n) is 4.36. The number of phenolic OH excluding ortho intramolecular Hbond substituents is 1. The van der Waals surface area contributed by atoms with Gasteiger partial charge in [-0.15, -0.1) is 12.8 Å². The minimum atomic E-state index is -0.331. The lowest BCUT2D eigenvalue weighted by molar-refractivity contribution is 0.0770. The van der Waals surface area contributed by atoms with E-state index in [0.717, 1.165) is 12.2 Å². The van der Waals surface area contributed by atoms with Gasteiger partial charge in [0.1, 0.15) is 5.76 Å². The van der Waals surface area contributed by atoms with Crippen LogP contribution in [0.1, 0.15) is 86.0 Å². The van der Waals surface area contributed by atoms with Crippen molar-refractivity contribution in [3.63, 3.8) is 0 Å². The standard InChI is InChI=1S/C12H18N2O2.C11H21N5O.3C2H6.C2H2/c1-4-14(5-2)12(16)9-7-6-8-10(13-3)11(9)15;1-3-5-9(17-4-2)8-15-6-7-16-11(14)10(12)13;4*1-2/h6-8,13,15H,4-5H2,1-3H3;5,7,14-15H,3-4,6,8H2,1-2H3,(H3,12,13);3*1-2H3;1-2H/b;9-5-,14-11?,16-7?;;;;. The number of amides is 1. The number of amidine groups is 2. The van der Waals surface area contributed by atoms with Crippen LogP contribution in [0.2, 0.25) is 0 Å². The molecule has 0 saturated heterocycles. The maximum atomic E-state index is 12.0. The molecule has 1 aromatic rings. The van der Waals surface area contributed by atoms with Crippen molar-refractivity contribution >= 4 is 29.5 Å². The van der Waals surface area contributed by atoms with Crippen LogP contribution in [0.15, 0.2) is 35.0 Å². The van der Waals surface area contributed by atoms with Gasteiger partial charge in [-0.25, -0.2) is 4.99 Å². The van der Waals surface area contributed by atoms with Gasteiger partial charge in [0.2, 0.25) is 0 Å². The molecule has 0 aliphatic carbocycles. The molecule has 7 N–H and O–H groups in total. The van der Waals surface area contributed by atoms with E-state index in [1.54, 1.807) is 30.1 Å². The number of phenols is 1. The normalized spacial score (nSPS) is 9.24. The molecule has 0 aliphatic rings. The molecule has 0 heterocycles. The van der Waals surface area contributed by atoms with Crippen molar-refractivity contribution in [3.05, 3.63) is 35.6 Å². The van der Waals surface area contributed by atoms with Gasteiger partial charge in [0.15, 0.2) is 17.4 Å². The van der Waals surface area contributed by atoms with Gasteiger partial charge >= 0.3 is 0 Å². The van der Waals surface area contributed by atoms with Crippen LogP contribution in [0.3, 0.4) is 0 Å². The molecule has 0 fully saturated rings. The number of hydrogen-bond acceptors (Lipinski definition) is 7. The number of para-hydroxylation sites is 1. The van der Waals surface area contributed by atoms with Crippen LogP contribution in [0.5, 0.6) is 5.75 Å². The van der Waals surface area contributed by atoms with E-state index in [9.17, 15) is 9.90 Å². The number of benzene rings is 1. The molecule has 0 aromatic heterocycles. The molecule has 1 amide bonds. The average molecular weight is 578 g/mol. The van der Waals surface area contributed by atoms with Crippen LogP contribution >= 0.6 is 0 Å². The fourth-order valence-corrected chi connectivity index (χ4v) is 2.66. The van der Waals surface area contributed by atoms with Crippen molar-refractivity contribution in [2.24, 2.45) is 10.7 Å². The van der Waals surface area contributed by atoms with Gasteiger partial charge in [0.05, 0.1) is 24.4 Å². The average Bonchev–Trinajstić information content (AvgIpc) is 3.02. The molecule has 41 heavy (non-hydrogen) atoms. The van der Waals surface area contributed by atoms with Crippen LogP contribution in [-0.2, 0) is 4.74 Å². The number of nitrogens with two attached hydrogens (primary N) is 1. The van der Waals surface area contributed by atoms with Crippen LogP contribution in [0.4, 0.5) is 5.69 Å². The first-order valence-electron chi connectivity index (χ1n) is 14.4. The van der Waals surface area contributed by atoms with Crippen molar-refractivity contribution in [1.29, 1.82) is 10.8 Å². The Balaban J connectivity index is -0.000000169. The molecule has 10 heteroatoms.